The molecular weight excluding hydrogens is 310 g/mol. The molecular formula is C18H38BrN. The molecule has 2 heteroatoms. The Bertz CT molecular complexity index is 190. The van der Waals surface area contributed by atoms with Crippen molar-refractivity contribution in [3.8, 4) is 0 Å². The van der Waals surface area contributed by atoms with Gasteiger partial charge in [0.25, 0.3) is 0 Å². The van der Waals surface area contributed by atoms with Crippen LogP contribution in [0.15, 0.2) is 0 Å². The summed E-state index contributed by atoms with van der Waals surface area (Å²) >= 11 is 0. The number of quaternary nitrogens is 1. The number of rotatable bonds is 10. The van der Waals surface area contributed by atoms with Crippen LogP contribution in [0.3, 0.4) is 0 Å². The van der Waals surface area contributed by atoms with Gasteiger partial charge in [-0.2, -0.15) is 0 Å². The molecule has 1 aliphatic rings. The first-order chi connectivity index (χ1) is 9.29. The summed E-state index contributed by atoms with van der Waals surface area (Å²) in [5.41, 5.74) is 0. The summed E-state index contributed by atoms with van der Waals surface area (Å²) in [7, 11) is 0. The summed E-state index contributed by atoms with van der Waals surface area (Å²) in [4.78, 5) is 0. The van der Waals surface area contributed by atoms with Crippen LogP contribution in [0.2, 0.25) is 0 Å². The fourth-order valence-corrected chi connectivity index (χ4v) is 3.93. The Morgan fingerprint density at radius 3 is 1.45 bits per heavy atom. The molecule has 0 spiro atoms. The fraction of sp³-hybridized carbons (Fsp3) is 1.00. The van der Waals surface area contributed by atoms with Crippen LogP contribution in [0.5, 0.6) is 0 Å². The van der Waals surface area contributed by atoms with Gasteiger partial charge in [0.1, 0.15) is 0 Å². The van der Waals surface area contributed by atoms with Gasteiger partial charge in [0.2, 0.25) is 0 Å². The van der Waals surface area contributed by atoms with E-state index in [9.17, 15) is 0 Å². The molecule has 122 valence electrons. The standard InChI is InChI=1S/C18H38N.BrH/c1-4-7-15-19(16-8-5-2,17-9-6-3)18-13-11-10-12-14-18;/h18H,4-17H2,1-3H3;1H/q+1;/p-1. The van der Waals surface area contributed by atoms with Crippen molar-refractivity contribution in [1.82, 2.24) is 0 Å². The molecule has 1 saturated carbocycles. The van der Waals surface area contributed by atoms with Gasteiger partial charge in [-0.05, 0) is 44.9 Å². The zero-order valence-corrected chi connectivity index (χ0v) is 15.9. The number of nitrogens with zero attached hydrogens (tertiary/aromatic N) is 1. The Morgan fingerprint density at radius 2 is 1.10 bits per heavy atom. The van der Waals surface area contributed by atoms with E-state index in [4.69, 9.17) is 0 Å². The van der Waals surface area contributed by atoms with Crippen molar-refractivity contribution >= 4 is 0 Å². The predicted molar refractivity (Wildman–Crippen MR) is 86.5 cm³/mol. The van der Waals surface area contributed by atoms with Gasteiger partial charge < -0.3 is 21.5 Å². The average Bonchev–Trinajstić information content (AvgIpc) is 2.48. The van der Waals surface area contributed by atoms with Crippen LogP contribution >= 0.6 is 0 Å². The van der Waals surface area contributed by atoms with Crippen molar-refractivity contribution in [1.29, 1.82) is 0 Å². The maximum atomic E-state index is 2.36. The third-order valence-electron chi connectivity index (χ3n) is 5.22. The molecule has 0 aromatic carbocycles. The SMILES string of the molecule is CCCC[N+](CCCC)(CCCC)C1CCCCC1.[Br-]. The van der Waals surface area contributed by atoms with Crippen LogP contribution in [0.25, 0.3) is 0 Å². The van der Waals surface area contributed by atoms with E-state index in [0.29, 0.717) is 0 Å². The van der Waals surface area contributed by atoms with Crippen molar-refractivity contribution in [2.75, 3.05) is 19.6 Å². The molecule has 0 heterocycles. The molecule has 0 aromatic heterocycles. The summed E-state index contributed by atoms with van der Waals surface area (Å²) in [5, 5.41) is 0. The Balaban J connectivity index is 0.00000361. The highest BCUT2D eigenvalue weighted by atomic mass is 79.9. The zero-order valence-electron chi connectivity index (χ0n) is 14.3. The molecule has 20 heavy (non-hydrogen) atoms. The Hall–Kier alpha value is 0.440. The van der Waals surface area contributed by atoms with E-state index in [1.807, 2.05) is 0 Å². The molecule has 0 bridgehead atoms. The van der Waals surface area contributed by atoms with Crippen LogP contribution in [0.4, 0.5) is 0 Å². The minimum atomic E-state index is 0. The lowest BCUT2D eigenvalue weighted by molar-refractivity contribution is -0.953. The van der Waals surface area contributed by atoms with Gasteiger partial charge in [0.15, 0.2) is 0 Å². The summed E-state index contributed by atoms with van der Waals surface area (Å²) in [5.74, 6) is 0. The second kappa shape index (κ2) is 12.0. The first kappa shape index (κ1) is 20.4. The molecule has 1 rings (SSSR count). The summed E-state index contributed by atoms with van der Waals surface area (Å²) < 4.78 is 1.48. The lowest BCUT2D eigenvalue weighted by Gasteiger charge is -2.47. The quantitative estimate of drug-likeness (QED) is 0.532. The van der Waals surface area contributed by atoms with Crippen LogP contribution in [-0.4, -0.2) is 30.2 Å². The van der Waals surface area contributed by atoms with Crippen LogP contribution in [-0.2, 0) is 0 Å². The van der Waals surface area contributed by atoms with Crippen LogP contribution in [0.1, 0.15) is 91.4 Å². The molecule has 1 nitrogen and oxygen atoms in total. The van der Waals surface area contributed by atoms with E-state index in [0.717, 1.165) is 6.04 Å². The minimum Gasteiger partial charge on any atom is -1.00 e. The van der Waals surface area contributed by atoms with Crippen molar-refractivity contribution in [2.24, 2.45) is 0 Å². The second-order valence-corrected chi connectivity index (χ2v) is 6.74. The first-order valence-corrected chi connectivity index (χ1v) is 9.14. The highest BCUT2D eigenvalue weighted by Gasteiger charge is 2.35. The average molecular weight is 348 g/mol. The summed E-state index contributed by atoms with van der Waals surface area (Å²) in [6.45, 7) is 11.4. The van der Waals surface area contributed by atoms with Gasteiger partial charge in [-0.3, -0.25) is 0 Å². The molecule has 0 amide bonds. The Labute approximate surface area is 138 Å². The van der Waals surface area contributed by atoms with Gasteiger partial charge in [0.05, 0.1) is 25.7 Å². The van der Waals surface area contributed by atoms with E-state index < -0.39 is 0 Å². The third kappa shape index (κ3) is 6.47. The Kier molecular flexibility index (Phi) is 12.3. The monoisotopic (exact) mass is 347 g/mol. The molecule has 0 radical (unpaired) electrons. The molecule has 0 aromatic rings. The zero-order chi connectivity index (χ0) is 14.0. The maximum absolute atomic E-state index is 2.36. The lowest BCUT2D eigenvalue weighted by Crippen LogP contribution is -3.00. The lowest BCUT2D eigenvalue weighted by atomic mass is 9.91. The van der Waals surface area contributed by atoms with E-state index in [2.05, 4.69) is 20.8 Å². The van der Waals surface area contributed by atoms with Gasteiger partial charge in [-0.15, -0.1) is 0 Å². The van der Waals surface area contributed by atoms with Crippen molar-refractivity contribution < 1.29 is 21.5 Å². The summed E-state index contributed by atoms with van der Waals surface area (Å²) in [6, 6.07) is 0.999. The van der Waals surface area contributed by atoms with Crippen LogP contribution in [0, 0.1) is 0 Å². The molecule has 0 aliphatic heterocycles. The Morgan fingerprint density at radius 1 is 0.700 bits per heavy atom. The van der Waals surface area contributed by atoms with E-state index in [-0.39, 0.29) is 17.0 Å². The predicted octanol–water partition coefficient (Wildman–Crippen LogP) is 2.54. The van der Waals surface area contributed by atoms with Gasteiger partial charge in [-0.1, -0.05) is 46.5 Å². The molecule has 0 N–H and O–H groups in total. The van der Waals surface area contributed by atoms with Gasteiger partial charge in [0, 0.05) is 0 Å². The van der Waals surface area contributed by atoms with Gasteiger partial charge >= 0.3 is 0 Å². The highest BCUT2D eigenvalue weighted by molar-refractivity contribution is 4.68. The largest absolute Gasteiger partial charge is 1.00 e. The smallest absolute Gasteiger partial charge is 0.0890 e. The molecule has 0 unspecified atom stereocenters. The van der Waals surface area contributed by atoms with E-state index in [1.165, 1.54) is 94.7 Å². The normalized spacial score (nSPS) is 16.9. The topological polar surface area (TPSA) is 0 Å². The number of hydrogen-bond donors (Lipinski definition) is 0. The third-order valence-corrected chi connectivity index (χ3v) is 5.22. The van der Waals surface area contributed by atoms with Crippen molar-refractivity contribution in [3.05, 3.63) is 0 Å². The molecule has 1 fully saturated rings. The van der Waals surface area contributed by atoms with E-state index in [1.54, 1.807) is 0 Å². The highest BCUT2D eigenvalue weighted by Crippen LogP contribution is 2.30. The molecule has 0 saturated heterocycles. The second-order valence-electron chi connectivity index (χ2n) is 6.74. The minimum absolute atomic E-state index is 0. The number of unbranched alkanes of at least 4 members (excludes halogenated alkanes) is 3. The van der Waals surface area contributed by atoms with Crippen molar-refractivity contribution in [2.45, 2.75) is 97.4 Å². The van der Waals surface area contributed by atoms with Crippen molar-refractivity contribution in [3.63, 3.8) is 0 Å². The maximum Gasteiger partial charge on any atom is 0.0890 e. The van der Waals surface area contributed by atoms with Crippen LogP contribution < -0.4 is 17.0 Å². The fourth-order valence-electron chi connectivity index (χ4n) is 3.93. The van der Waals surface area contributed by atoms with E-state index >= 15 is 0 Å². The molecule has 0 atom stereocenters. The number of hydrogen-bond acceptors (Lipinski definition) is 0. The first-order valence-electron chi connectivity index (χ1n) is 9.14. The summed E-state index contributed by atoms with van der Waals surface area (Å²) in [6.07, 6.45) is 15.9. The molecule has 1 aliphatic carbocycles. The number of halogens is 1. The van der Waals surface area contributed by atoms with Gasteiger partial charge in [-0.25, -0.2) is 0 Å².